The minimum Gasteiger partial charge on any atom is -0.457 e. The van der Waals surface area contributed by atoms with Crippen molar-refractivity contribution in [2.75, 3.05) is 16.0 Å². The molecule has 23 heteroatoms. The third kappa shape index (κ3) is 15.7. The highest BCUT2D eigenvalue weighted by Gasteiger charge is 2.21. The van der Waals surface area contributed by atoms with Gasteiger partial charge in [0.15, 0.2) is 0 Å². The highest BCUT2D eigenvalue weighted by atomic mass is 35.5. The molecule has 522 valence electrons. The summed E-state index contributed by atoms with van der Waals surface area (Å²) in [4.78, 5) is 88.9. The first-order valence-electron chi connectivity index (χ1n) is 32.8. The van der Waals surface area contributed by atoms with Crippen LogP contribution in [0.15, 0.2) is 320 Å². The number of amides is 3. The van der Waals surface area contributed by atoms with Gasteiger partial charge in [-0.05, 0) is 237 Å². The number of hydrogen-bond donors (Lipinski definition) is 3. The first kappa shape index (κ1) is 70.3. The zero-order valence-electron chi connectivity index (χ0n) is 56.7. The number of nitrogens with one attached hydrogen (secondary N) is 3. The van der Waals surface area contributed by atoms with E-state index in [1.807, 2.05) is 105 Å². The van der Waals surface area contributed by atoms with Crippen molar-refractivity contribution in [2.45, 2.75) is 13.8 Å². The van der Waals surface area contributed by atoms with Crippen LogP contribution < -0.4 is 47.2 Å². The van der Waals surface area contributed by atoms with Gasteiger partial charge in [0.1, 0.15) is 34.5 Å². The molecule has 6 aromatic heterocycles. The van der Waals surface area contributed by atoms with Crippen LogP contribution in [0.5, 0.6) is 34.5 Å². The van der Waals surface area contributed by atoms with Crippen LogP contribution in [-0.2, 0) is 14.4 Å². The Morgan fingerprint density at radius 1 is 0.330 bits per heavy atom. The molecule has 15 rings (SSSR count). The smallest absolute Gasteiger partial charge is 0.338 e. The van der Waals surface area contributed by atoms with Crippen molar-refractivity contribution in [1.82, 2.24) is 42.4 Å². The van der Waals surface area contributed by atoms with Crippen LogP contribution in [0.25, 0.3) is 67.2 Å². The van der Waals surface area contributed by atoms with Crippen LogP contribution in [0.1, 0.15) is 11.1 Å². The van der Waals surface area contributed by atoms with Crippen LogP contribution >= 0.6 is 23.2 Å². The minimum absolute atomic E-state index is 0.257. The molecule has 3 amide bonds. The molecule has 0 aliphatic rings. The van der Waals surface area contributed by atoms with Gasteiger partial charge in [0, 0.05) is 45.7 Å². The number of nitrogens with zero attached hydrogens (tertiary/aromatic N) is 9. The van der Waals surface area contributed by atoms with E-state index in [1.54, 1.807) is 204 Å². The quantitative estimate of drug-likeness (QED) is 0.0681. The molecule has 9 aromatic carbocycles. The Bertz CT molecular complexity index is 5810. The molecule has 0 saturated heterocycles. The van der Waals surface area contributed by atoms with E-state index in [4.69, 9.17) is 37.4 Å². The van der Waals surface area contributed by atoms with Crippen LogP contribution in [0.2, 0.25) is 10.0 Å². The summed E-state index contributed by atoms with van der Waals surface area (Å²) in [7, 11) is 0. The second-order valence-electron chi connectivity index (χ2n) is 23.7. The Morgan fingerprint density at radius 2 is 0.651 bits per heavy atom. The number of ether oxygens (including phenoxy) is 3. The van der Waals surface area contributed by atoms with Gasteiger partial charge < -0.3 is 30.2 Å². The van der Waals surface area contributed by atoms with E-state index < -0.39 is 0 Å². The van der Waals surface area contributed by atoms with E-state index in [2.05, 4.69) is 50.6 Å². The molecule has 3 N–H and O–H groups in total. The zero-order valence-corrected chi connectivity index (χ0v) is 58.2. The molecule has 15 aromatic rings. The van der Waals surface area contributed by atoms with Crippen LogP contribution in [0, 0.1) is 13.8 Å². The minimum atomic E-state index is -0.332. The Balaban J connectivity index is 0.000000141. The average molecular weight is 1440 g/mol. The van der Waals surface area contributed by atoms with Gasteiger partial charge in [0.25, 0.3) is 0 Å². The first-order chi connectivity index (χ1) is 51.5. The van der Waals surface area contributed by atoms with Crippen molar-refractivity contribution < 1.29 is 28.6 Å². The van der Waals surface area contributed by atoms with Gasteiger partial charge in [-0.3, -0.25) is 56.7 Å². The number of rotatable bonds is 18. The summed E-state index contributed by atoms with van der Waals surface area (Å²) in [6, 6.07) is 68.7. The van der Waals surface area contributed by atoms with E-state index in [9.17, 15) is 28.8 Å². The number of anilines is 3. The number of benzene rings is 9. The molecule has 0 fully saturated rings. The normalized spacial score (nSPS) is 10.8. The van der Waals surface area contributed by atoms with Crippen molar-refractivity contribution in [2.24, 2.45) is 0 Å². The summed E-state index contributed by atoms with van der Waals surface area (Å²) in [5.74, 6) is 2.90. The Labute approximate surface area is 615 Å². The number of halogens is 2. The number of carbonyl (C=O) groups is 3. The number of pyridine rings is 3. The summed E-state index contributed by atoms with van der Waals surface area (Å²) < 4.78 is 27.3. The summed E-state index contributed by atoms with van der Waals surface area (Å²) in [5, 5.41) is 9.36. The Morgan fingerprint density at radius 3 is 1.00 bits per heavy atom. The fourth-order valence-corrected chi connectivity index (χ4v) is 12.2. The van der Waals surface area contributed by atoms with E-state index in [1.165, 1.54) is 18.2 Å². The average Bonchev–Trinajstić information content (AvgIpc) is 1.61. The SMILES string of the molecule is C=CC(=O)Nc1cccc(-n2c(=O)n(-c3ccc(Oc4cc(C)cc(Cl)c4)cc3)c3cnccc32)c1.C=CC(=O)Nc1cccc(-n2c(=O)n(-c3ccc(Oc4cccc(C)c4)cc3)c3cnccc32)c1.C=CC(=O)Nc1cccc(-n2c(=O)n(-c3ccc(Oc4cccc(Cl)c4)cc3)c3cnccc32)c1. The standard InChI is InChI=1S/C28H21ClN4O3.C28H22N4O3.C27H19ClN4O3/c1-3-27(34)31-20-5-4-6-22(16-20)33-25-11-12-30-17-26(25)32(28(33)35)21-7-9-23(10-8-21)36-24-14-18(2)13-19(29)15-24;1-3-27(33)30-20-7-5-8-22(17-20)32-25-14-15-29-18-26(25)31(28(32)34)21-10-12-23(13-11-21)35-24-9-4-6-19(2)16-24;1-2-26(33)30-19-6-4-7-21(16-19)32-24-13-14-29-17-25(24)31(27(32)34)20-9-11-22(12-10-20)35-23-8-3-5-18(28)15-23/h3-17H,1H2,2H3,(H,31,34);3-18H,1H2,2H3,(H,30,33);2-17H,1H2,(H,30,33). The molecule has 0 saturated carbocycles. The van der Waals surface area contributed by atoms with Gasteiger partial charge in [-0.15, -0.1) is 0 Å². The lowest BCUT2D eigenvalue weighted by atomic mass is 10.2. The number of aryl methyl sites for hydroxylation is 2. The predicted molar refractivity (Wildman–Crippen MR) is 416 cm³/mol. The number of hydrogen-bond acceptors (Lipinski definition) is 12. The number of imidazole rings is 3. The fraction of sp³-hybridized carbons (Fsp3) is 0.0241. The molecular formula is C83H62Cl2N12O9. The molecular weight excluding hydrogens is 1380 g/mol. The van der Waals surface area contributed by atoms with Crippen LogP contribution in [0.3, 0.4) is 0 Å². The molecule has 106 heavy (non-hydrogen) atoms. The molecule has 6 heterocycles. The van der Waals surface area contributed by atoms with Gasteiger partial charge in [-0.1, -0.05) is 79.3 Å². The summed E-state index contributed by atoms with van der Waals surface area (Å²) in [6.45, 7) is 14.4. The highest BCUT2D eigenvalue weighted by Crippen LogP contribution is 2.32. The molecule has 0 bridgehead atoms. The molecule has 0 spiro atoms. The Hall–Kier alpha value is -14.2. The van der Waals surface area contributed by atoms with Gasteiger partial charge in [-0.2, -0.15) is 0 Å². The molecule has 21 nitrogen and oxygen atoms in total. The lowest BCUT2D eigenvalue weighted by molar-refractivity contribution is -0.112. The van der Waals surface area contributed by atoms with Crippen molar-refractivity contribution in [1.29, 1.82) is 0 Å². The van der Waals surface area contributed by atoms with Crippen LogP contribution in [-0.4, -0.2) is 60.1 Å². The van der Waals surface area contributed by atoms with Gasteiger partial charge in [-0.25, -0.2) is 14.4 Å². The number of aromatic nitrogens is 9. The lowest BCUT2D eigenvalue weighted by Crippen LogP contribution is -2.22. The van der Waals surface area contributed by atoms with Crippen molar-refractivity contribution >= 4 is 91.1 Å². The first-order valence-corrected chi connectivity index (χ1v) is 33.5. The van der Waals surface area contributed by atoms with Gasteiger partial charge in [0.2, 0.25) is 17.7 Å². The summed E-state index contributed by atoms with van der Waals surface area (Å²) in [5.41, 5.74) is 10.8. The van der Waals surface area contributed by atoms with E-state index in [0.29, 0.717) is 123 Å². The number of fused-ring (bicyclic) bond motifs is 3. The summed E-state index contributed by atoms with van der Waals surface area (Å²) >= 11 is 12.2. The van der Waals surface area contributed by atoms with Gasteiger partial charge in [0.05, 0.1) is 85.8 Å². The van der Waals surface area contributed by atoms with Crippen LogP contribution in [0.4, 0.5) is 17.1 Å². The molecule has 0 unspecified atom stereocenters. The maximum Gasteiger partial charge on any atom is 0.338 e. The zero-order chi connectivity index (χ0) is 74.0. The predicted octanol–water partition coefficient (Wildman–Crippen LogP) is 17.2. The third-order valence-electron chi connectivity index (χ3n) is 16.4. The van der Waals surface area contributed by atoms with E-state index >= 15 is 0 Å². The number of carbonyl (C=O) groups excluding carboxylic acids is 3. The second kappa shape index (κ2) is 31.4. The molecule has 0 aliphatic heterocycles. The van der Waals surface area contributed by atoms with Crippen molar-refractivity contribution in [3.05, 3.63) is 358 Å². The van der Waals surface area contributed by atoms with Crippen molar-refractivity contribution in [3.63, 3.8) is 0 Å². The Kier molecular flexibility index (Phi) is 20.8. The molecule has 0 aliphatic carbocycles. The maximum absolute atomic E-state index is 13.7. The van der Waals surface area contributed by atoms with Gasteiger partial charge >= 0.3 is 17.1 Å². The second-order valence-corrected chi connectivity index (χ2v) is 24.6. The van der Waals surface area contributed by atoms with E-state index in [0.717, 1.165) is 16.9 Å². The highest BCUT2D eigenvalue weighted by molar-refractivity contribution is 6.31. The monoisotopic (exact) mass is 1440 g/mol. The molecule has 0 atom stereocenters. The maximum atomic E-state index is 13.7. The largest absolute Gasteiger partial charge is 0.457 e. The lowest BCUT2D eigenvalue weighted by Gasteiger charge is -2.09. The van der Waals surface area contributed by atoms with Crippen molar-refractivity contribution in [3.8, 4) is 68.6 Å². The van der Waals surface area contributed by atoms with E-state index in [-0.39, 0.29) is 34.8 Å². The topological polar surface area (TPSA) is 234 Å². The molecule has 0 radical (unpaired) electrons. The third-order valence-corrected chi connectivity index (χ3v) is 16.8. The summed E-state index contributed by atoms with van der Waals surface area (Å²) in [6.07, 6.45) is 13.4. The fourth-order valence-electron chi connectivity index (χ4n) is 11.8.